The van der Waals surface area contributed by atoms with Crippen molar-refractivity contribution in [3.8, 4) is 16.9 Å². The predicted molar refractivity (Wildman–Crippen MR) is 132 cm³/mol. The molecule has 1 aromatic carbocycles. The summed E-state index contributed by atoms with van der Waals surface area (Å²) in [4.78, 5) is 29.1. The normalized spacial score (nSPS) is 15.5. The summed E-state index contributed by atoms with van der Waals surface area (Å²) < 4.78 is 39.4. The number of alkyl halides is 2. The van der Waals surface area contributed by atoms with Gasteiger partial charge in [0.05, 0.1) is 25.0 Å². The highest BCUT2D eigenvalue weighted by atomic mass is 32.2. The van der Waals surface area contributed by atoms with Crippen molar-refractivity contribution in [1.29, 1.82) is 5.41 Å². The van der Waals surface area contributed by atoms with Crippen LogP contribution in [0.3, 0.4) is 0 Å². The van der Waals surface area contributed by atoms with Crippen LogP contribution < -0.4 is 20.1 Å². The van der Waals surface area contributed by atoms with E-state index in [9.17, 15) is 18.4 Å². The van der Waals surface area contributed by atoms with Gasteiger partial charge in [-0.2, -0.15) is 0 Å². The van der Waals surface area contributed by atoms with Crippen LogP contribution in [0.1, 0.15) is 36.7 Å². The van der Waals surface area contributed by atoms with Gasteiger partial charge in [0, 0.05) is 36.3 Å². The predicted octanol–water partition coefficient (Wildman–Crippen LogP) is 3.64. The summed E-state index contributed by atoms with van der Waals surface area (Å²) in [5, 5.41) is 8.10. The molecular weight excluding hydrogens is 480 g/mol. The SMILES string of the molecule is CNSC(=N)C1CC1.COc1cnc(C(F)F)cc1-c1cc(N2CCOCC2=O)ccc1C(N)=O.[HH]. The highest BCUT2D eigenvalue weighted by molar-refractivity contribution is 8.12. The minimum atomic E-state index is -2.80. The third kappa shape index (κ3) is 6.74. The van der Waals surface area contributed by atoms with Crippen LogP contribution in [-0.2, 0) is 9.53 Å². The third-order valence-corrected chi connectivity index (χ3v) is 6.11. The Labute approximate surface area is 207 Å². The number of amides is 2. The quantitative estimate of drug-likeness (QED) is 0.295. The lowest BCUT2D eigenvalue weighted by Gasteiger charge is -2.27. The lowest BCUT2D eigenvalue weighted by Crippen LogP contribution is -2.41. The number of rotatable bonds is 7. The molecule has 0 radical (unpaired) electrons. The van der Waals surface area contributed by atoms with Gasteiger partial charge < -0.3 is 20.1 Å². The van der Waals surface area contributed by atoms with Crippen molar-refractivity contribution in [3.63, 3.8) is 0 Å². The average molecular weight is 510 g/mol. The second kappa shape index (κ2) is 12.0. The number of nitrogens with zero attached hydrogens (tertiary/aromatic N) is 2. The molecule has 0 atom stereocenters. The number of nitrogens with one attached hydrogen (secondary N) is 2. The first-order chi connectivity index (χ1) is 16.8. The molecule has 2 heterocycles. The van der Waals surface area contributed by atoms with Crippen molar-refractivity contribution in [2.75, 3.05) is 38.8 Å². The van der Waals surface area contributed by atoms with E-state index >= 15 is 0 Å². The van der Waals surface area contributed by atoms with Gasteiger partial charge in [0.15, 0.2) is 0 Å². The number of carbonyl (C=O) groups is 2. The number of anilines is 1. The second-order valence-electron chi connectivity index (χ2n) is 7.75. The van der Waals surface area contributed by atoms with Crippen LogP contribution in [0.4, 0.5) is 14.5 Å². The summed E-state index contributed by atoms with van der Waals surface area (Å²) in [6, 6.07) is 5.73. The molecule has 1 aliphatic carbocycles. The van der Waals surface area contributed by atoms with E-state index in [-0.39, 0.29) is 36.4 Å². The number of primary amides is 1. The molecule has 35 heavy (non-hydrogen) atoms. The van der Waals surface area contributed by atoms with E-state index in [1.807, 2.05) is 7.05 Å². The number of hydrogen-bond acceptors (Lipinski definition) is 8. The van der Waals surface area contributed by atoms with Gasteiger partial charge >= 0.3 is 0 Å². The molecule has 1 aromatic heterocycles. The Hall–Kier alpha value is -3.09. The molecule has 1 aliphatic heterocycles. The standard InChI is InChI=1S/C18H17F2N3O4.C5H10N2S.H2/c1-26-15-8-22-14(17(19)20)7-13(15)12-6-10(2-3-11(12)18(21)25)23-4-5-27-9-16(23)24;1-7-8-5(6)4-2-3-4;/h2-3,6-8,17H,4-5,9H2,1H3,(H2,21,25);4,6-7H,2-3H2,1H3;1H. The van der Waals surface area contributed by atoms with E-state index in [2.05, 4.69) is 9.71 Å². The Bertz CT molecular complexity index is 1100. The highest BCUT2D eigenvalue weighted by Gasteiger charge is 2.26. The van der Waals surface area contributed by atoms with E-state index in [1.54, 1.807) is 12.1 Å². The zero-order valence-electron chi connectivity index (χ0n) is 19.3. The lowest BCUT2D eigenvalue weighted by atomic mass is 9.97. The molecule has 4 N–H and O–H groups in total. The molecule has 2 amide bonds. The summed E-state index contributed by atoms with van der Waals surface area (Å²) in [7, 11) is 3.21. The Morgan fingerprint density at radius 1 is 1.37 bits per heavy atom. The third-order valence-electron chi connectivity index (χ3n) is 5.35. The maximum absolute atomic E-state index is 13.1. The molecule has 1 saturated heterocycles. The van der Waals surface area contributed by atoms with E-state index in [0.29, 0.717) is 24.8 Å². The van der Waals surface area contributed by atoms with Gasteiger partial charge in [-0.1, -0.05) is 0 Å². The Kier molecular flexibility index (Phi) is 9.13. The van der Waals surface area contributed by atoms with E-state index in [1.165, 1.54) is 42.9 Å². The van der Waals surface area contributed by atoms with Crippen molar-refractivity contribution < 1.29 is 29.3 Å². The van der Waals surface area contributed by atoms with Crippen LogP contribution in [-0.4, -0.2) is 55.8 Å². The first kappa shape index (κ1) is 26.5. The number of aromatic nitrogens is 1. The molecule has 0 spiro atoms. The molecule has 190 valence electrons. The number of ether oxygens (including phenoxy) is 2. The van der Waals surface area contributed by atoms with Crippen LogP contribution in [0.2, 0.25) is 0 Å². The van der Waals surface area contributed by atoms with Crippen molar-refractivity contribution in [3.05, 3.63) is 41.7 Å². The first-order valence-corrected chi connectivity index (χ1v) is 11.6. The van der Waals surface area contributed by atoms with Gasteiger partial charge in [-0.3, -0.25) is 24.7 Å². The molecule has 12 heteroatoms. The monoisotopic (exact) mass is 509 g/mol. The number of morpholine rings is 1. The smallest absolute Gasteiger partial charge is 0.280 e. The topological polar surface area (TPSA) is 131 Å². The summed E-state index contributed by atoms with van der Waals surface area (Å²) in [6.07, 6.45) is 0.825. The molecule has 0 bridgehead atoms. The zero-order valence-corrected chi connectivity index (χ0v) is 20.2. The number of pyridine rings is 1. The second-order valence-corrected chi connectivity index (χ2v) is 8.80. The Morgan fingerprint density at radius 2 is 2.11 bits per heavy atom. The summed E-state index contributed by atoms with van der Waals surface area (Å²) in [5.41, 5.74) is 6.12. The number of nitrogens with two attached hydrogens (primary N) is 1. The minimum Gasteiger partial charge on any atom is -0.494 e. The zero-order chi connectivity index (χ0) is 25.5. The molecule has 4 rings (SSSR count). The molecule has 9 nitrogen and oxygen atoms in total. The van der Waals surface area contributed by atoms with Crippen LogP contribution in [0.25, 0.3) is 11.1 Å². The Morgan fingerprint density at radius 3 is 2.69 bits per heavy atom. The molecule has 2 aromatic rings. The minimum absolute atomic E-state index is 0. The fourth-order valence-electron chi connectivity index (χ4n) is 3.42. The summed E-state index contributed by atoms with van der Waals surface area (Å²) in [6.45, 7) is 0.651. The molecule has 0 unspecified atom stereocenters. The van der Waals surface area contributed by atoms with E-state index < -0.39 is 18.0 Å². The fourth-order valence-corrected chi connectivity index (χ4v) is 4.04. The van der Waals surface area contributed by atoms with Crippen LogP contribution in [0.5, 0.6) is 5.75 Å². The van der Waals surface area contributed by atoms with Gasteiger partial charge in [-0.25, -0.2) is 8.78 Å². The van der Waals surface area contributed by atoms with Crippen LogP contribution in [0, 0.1) is 11.3 Å². The summed E-state index contributed by atoms with van der Waals surface area (Å²) in [5.74, 6) is -0.170. The van der Waals surface area contributed by atoms with Gasteiger partial charge in [-0.15, -0.1) is 0 Å². The van der Waals surface area contributed by atoms with Crippen molar-refractivity contribution in [2.45, 2.75) is 19.3 Å². The van der Waals surface area contributed by atoms with Gasteiger partial charge in [0.2, 0.25) is 5.91 Å². The summed E-state index contributed by atoms with van der Waals surface area (Å²) >= 11 is 1.44. The number of halogens is 2. The highest BCUT2D eigenvalue weighted by Crippen LogP contribution is 2.37. The maximum Gasteiger partial charge on any atom is 0.280 e. The number of methoxy groups -OCH3 is 1. The van der Waals surface area contributed by atoms with Crippen LogP contribution in [0.15, 0.2) is 30.5 Å². The lowest BCUT2D eigenvalue weighted by molar-refractivity contribution is -0.125. The molecule has 2 aliphatic rings. The molecule has 2 fully saturated rings. The molecular formula is C23H29F2N5O4S. The largest absolute Gasteiger partial charge is 0.494 e. The van der Waals surface area contributed by atoms with Gasteiger partial charge in [0.1, 0.15) is 18.1 Å². The van der Waals surface area contributed by atoms with Gasteiger partial charge in [0.25, 0.3) is 12.3 Å². The van der Waals surface area contributed by atoms with Gasteiger partial charge in [-0.05, 0) is 56.1 Å². The first-order valence-electron chi connectivity index (χ1n) is 10.8. The maximum atomic E-state index is 13.1. The van der Waals surface area contributed by atoms with Crippen molar-refractivity contribution in [2.24, 2.45) is 11.7 Å². The van der Waals surface area contributed by atoms with Crippen LogP contribution >= 0.6 is 11.9 Å². The fraction of sp³-hybridized carbons (Fsp3) is 0.391. The van der Waals surface area contributed by atoms with E-state index in [0.717, 1.165) is 17.3 Å². The van der Waals surface area contributed by atoms with E-state index in [4.69, 9.17) is 20.6 Å². The average Bonchev–Trinajstić information content (AvgIpc) is 3.70. The number of benzene rings is 1. The Balaban J connectivity index is 0.000000433. The van der Waals surface area contributed by atoms with Crippen molar-refractivity contribution in [1.82, 2.24) is 9.71 Å². The number of carbonyl (C=O) groups excluding carboxylic acids is 2. The molecule has 1 saturated carbocycles. The number of hydrogen-bond donors (Lipinski definition) is 3. The van der Waals surface area contributed by atoms with Crippen molar-refractivity contribution >= 4 is 34.5 Å².